The highest BCUT2D eigenvalue weighted by Crippen LogP contribution is 2.35. The quantitative estimate of drug-likeness (QED) is 0.394. The number of nitrogens with zero attached hydrogens (tertiary/aromatic N) is 1. The van der Waals surface area contributed by atoms with Gasteiger partial charge in [0.25, 0.3) is 5.69 Å². The molecule has 0 radical (unpaired) electrons. The van der Waals surface area contributed by atoms with E-state index >= 15 is 0 Å². The fourth-order valence-corrected chi connectivity index (χ4v) is 3.31. The number of nitro groups is 1. The van der Waals surface area contributed by atoms with Crippen molar-refractivity contribution in [2.24, 2.45) is 0 Å². The number of ketones is 1. The second-order valence-electron chi connectivity index (χ2n) is 4.33. The number of carbonyl (C=O) groups is 1. The van der Waals surface area contributed by atoms with Crippen LogP contribution in [0.15, 0.2) is 45.3 Å². The first kappa shape index (κ1) is 16.9. The second-order valence-corrected chi connectivity index (χ2v) is 6.47. The first-order valence-electron chi connectivity index (χ1n) is 6.04. The number of Topliss-reactive ketones (excluding diaryl/α,β-unsaturated/α-hetero) is 1. The lowest BCUT2D eigenvalue weighted by molar-refractivity contribution is -0.385. The van der Waals surface area contributed by atoms with E-state index < -0.39 is 4.92 Å². The summed E-state index contributed by atoms with van der Waals surface area (Å²) in [6.45, 7) is 0.0522. The maximum atomic E-state index is 12.1. The van der Waals surface area contributed by atoms with Crippen LogP contribution in [-0.4, -0.2) is 17.3 Å². The fourth-order valence-electron chi connectivity index (χ4n) is 1.74. The zero-order chi connectivity index (χ0) is 16.3. The number of halogens is 3. The zero-order valence-corrected chi connectivity index (χ0v) is 14.9. The van der Waals surface area contributed by atoms with Crippen molar-refractivity contribution in [3.8, 4) is 0 Å². The Morgan fingerprint density at radius 2 is 1.73 bits per heavy atom. The third-order valence-corrected chi connectivity index (χ3v) is 4.33. The highest BCUT2D eigenvalue weighted by atomic mass is 79.9. The summed E-state index contributed by atoms with van der Waals surface area (Å²) in [5, 5.41) is 14.3. The van der Waals surface area contributed by atoms with Crippen LogP contribution in [0.1, 0.15) is 10.4 Å². The summed E-state index contributed by atoms with van der Waals surface area (Å²) >= 11 is 12.3. The van der Waals surface area contributed by atoms with E-state index in [0.717, 1.165) is 0 Å². The Kier molecular flexibility index (Phi) is 5.55. The molecule has 2 aromatic carbocycles. The SMILES string of the molecule is O=C(CNc1c(Br)cc([N+](=O)[O-])cc1Br)c1ccc(Cl)cc1. The molecule has 2 rings (SSSR count). The van der Waals surface area contributed by atoms with Crippen LogP contribution in [0.5, 0.6) is 0 Å². The lowest BCUT2D eigenvalue weighted by Gasteiger charge is -2.10. The Balaban J connectivity index is 2.13. The minimum Gasteiger partial charge on any atom is -0.376 e. The molecule has 0 saturated heterocycles. The number of benzene rings is 2. The number of carbonyl (C=O) groups excluding carboxylic acids is 1. The van der Waals surface area contributed by atoms with E-state index in [4.69, 9.17) is 11.6 Å². The van der Waals surface area contributed by atoms with Gasteiger partial charge in [0.15, 0.2) is 5.78 Å². The molecule has 114 valence electrons. The number of rotatable bonds is 5. The van der Waals surface area contributed by atoms with E-state index in [1.165, 1.54) is 12.1 Å². The molecule has 0 aliphatic heterocycles. The van der Waals surface area contributed by atoms with Crippen LogP contribution in [0, 0.1) is 10.1 Å². The van der Waals surface area contributed by atoms with Crippen molar-refractivity contribution in [1.29, 1.82) is 0 Å². The van der Waals surface area contributed by atoms with Crippen LogP contribution in [0.25, 0.3) is 0 Å². The Labute approximate surface area is 148 Å². The van der Waals surface area contributed by atoms with Gasteiger partial charge < -0.3 is 5.32 Å². The molecule has 0 atom stereocenters. The Morgan fingerprint density at radius 1 is 1.18 bits per heavy atom. The van der Waals surface area contributed by atoms with Gasteiger partial charge in [0.1, 0.15) is 0 Å². The number of nitrogens with one attached hydrogen (secondary N) is 1. The van der Waals surface area contributed by atoms with E-state index in [2.05, 4.69) is 37.2 Å². The summed E-state index contributed by atoms with van der Waals surface area (Å²) < 4.78 is 0.995. The highest BCUT2D eigenvalue weighted by Gasteiger charge is 2.15. The van der Waals surface area contributed by atoms with E-state index in [1.54, 1.807) is 24.3 Å². The molecule has 0 aliphatic rings. The number of hydrogen-bond acceptors (Lipinski definition) is 4. The van der Waals surface area contributed by atoms with Crippen LogP contribution in [0.3, 0.4) is 0 Å². The van der Waals surface area contributed by atoms with Gasteiger partial charge in [-0.25, -0.2) is 0 Å². The molecule has 0 fully saturated rings. The topological polar surface area (TPSA) is 72.2 Å². The molecule has 0 bridgehead atoms. The van der Waals surface area contributed by atoms with Gasteiger partial charge in [0, 0.05) is 31.7 Å². The number of anilines is 1. The van der Waals surface area contributed by atoms with Crippen molar-refractivity contribution in [2.45, 2.75) is 0 Å². The van der Waals surface area contributed by atoms with Crippen molar-refractivity contribution in [3.63, 3.8) is 0 Å². The molecule has 22 heavy (non-hydrogen) atoms. The molecular weight excluding hydrogens is 439 g/mol. The summed E-state index contributed by atoms with van der Waals surface area (Å²) in [4.78, 5) is 22.4. The molecule has 0 heterocycles. The van der Waals surface area contributed by atoms with Crippen LogP contribution in [-0.2, 0) is 0 Å². The predicted octanol–water partition coefficient (Wildman–Crippen LogP) is 5.07. The van der Waals surface area contributed by atoms with Crippen molar-refractivity contribution in [3.05, 3.63) is 66.0 Å². The smallest absolute Gasteiger partial charge is 0.271 e. The van der Waals surface area contributed by atoms with Crippen LogP contribution < -0.4 is 5.32 Å². The normalized spacial score (nSPS) is 10.3. The molecule has 0 unspecified atom stereocenters. The van der Waals surface area contributed by atoms with E-state index in [0.29, 0.717) is 25.2 Å². The van der Waals surface area contributed by atoms with Crippen molar-refractivity contribution in [2.75, 3.05) is 11.9 Å². The Bertz CT molecular complexity index is 712. The summed E-state index contributed by atoms with van der Waals surface area (Å²) in [6.07, 6.45) is 0. The minimum atomic E-state index is -0.488. The van der Waals surface area contributed by atoms with Gasteiger partial charge in [-0.3, -0.25) is 14.9 Å². The average Bonchev–Trinajstić information content (AvgIpc) is 2.46. The van der Waals surface area contributed by atoms with Gasteiger partial charge in [0.2, 0.25) is 0 Å². The number of non-ortho nitro benzene ring substituents is 1. The van der Waals surface area contributed by atoms with Crippen LogP contribution in [0.2, 0.25) is 5.02 Å². The van der Waals surface area contributed by atoms with Crippen LogP contribution in [0.4, 0.5) is 11.4 Å². The standard InChI is InChI=1S/C14H9Br2ClN2O3/c15-11-5-10(19(21)22)6-12(16)14(11)18-7-13(20)8-1-3-9(17)4-2-8/h1-6,18H,7H2. The molecule has 8 heteroatoms. The molecule has 5 nitrogen and oxygen atoms in total. The van der Waals surface area contributed by atoms with Gasteiger partial charge in [0.05, 0.1) is 17.2 Å². The predicted molar refractivity (Wildman–Crippen MR) is 92.8 cm³/mol. The summed E-state index contributed by atoms with van der Waals surface area (Å²) in [7, 11) is 0. The third-order valence-electron chi connectivity index (χ3n) is 2.83. The van der Waals surface area contributed by atoms with Gasteiger partial charge in [-0.1, -0.05) is 11.6 Å². The molecular formula is C14H9Br2ClN2O3. The molecule has 0 aromatic heterocycles. The van der Waals surface area contributed by atoms with Crippen molar-refractivity contribution in [1.82, 2.24) is 0 Å². The number of hydrogen-bond donors (Lipinski definition) is 1. The first-order chi connectivity index (χ1) is 10.4. The fraction of sp³-hybridized carbons (Fsp3) is 0.0714. The number of nitro benzene ring substituents is 1. The van der Waals surface area contributed by atoms with Gasteiger partial charge in [-0.05, 0) is 56.1 Å². The average molecular weight is 448 g/mol. The van der Waals surface area contributed by atoms with Crippen molar-refractivity contribution < 1.29 is 9.72 Å². The lowest BCUT2D eigenvalue weighted by atomic mass is 10.1. The summed E-state index contributed by atoms with van der Waals surface area (Å²) in [5.41, 5.74) is 1.06. The van der Waals surface area contributed by atoms with E-state index in [9.17, 15) is 14.9 Å². The first-order valence-corrected chi connectivity index (χ1v) is 8.01. The van der Waals surface area contributed by atoms with E-state index in [-0.39, 0.29) is 18.0 Å². The minimum absolute atomic E-state index is 0.0478. The third kappa shape index (κ3) is 4.06. The largest absolute Gasteiger partial charge is 0.376 e. The van der Waals surface area contributed by atoms with Crippen LogP contribution >= 0.6 is 43.5 Å². The maximum absolute atomic E-state index is 12.1. The lowest BCUT2D eigenvalue weighted by Crippen LogP contribution is -2.14. The monoisotopic (exact) mass is 446 g/mol. The molecule has 0 spiro atoms. The maximum Gasteiger partial charge on any atom is 0.271 e. The van der Waals surface area contributed by atoms with Gasteiger partial charge in [-0.2, -0.15) is 0 Å². The Morgan fingerprint density at radius 3 is 2.23 bits per heavy atom. The molecule has 1 N–H and O–H groups in total. The highest BCUT2D eigenvalue weighted by molar-refractivity contribution is 9.11. The molecule has 0 aliphatic carbocycles. The molecule has 0 amide bonds. The molecule has 0 saturated carbocycles. The summed E-state index contributed by atoms with van der Waals surface area (Å²) in [5.74, 6) is -0.117. The summed E-state index contributed by atoms with van der Waals surface area (Å²) in [6, 6.07) is 9.33. The van der Waals surface area contributed by atoms with Crippen molar-refractivity contribution >= 4 is 60.6 Å². The zero-order valence-electron chi connectivity index (χ0n) is 11.0. The van der Waals surface area contributed by atoms with Gasteiger partial charge >= 0.3 is 0 Å². The Hall–Kier alpha value is -1.44. The molecule has 2 aromatic rings. The van der Waals surface area contributed by atoms with Gasteiger partial charge in [-0.15, -0.1) is 0 Å². The van der Waals surface area contributed by atoms with E-state index in [1.807, 2.05) is 0 Å². The second kappa shape index (κ2) is 7.21.